The van der Waals surface area contributed by atoms with Crippen LogP contribution in [0.3, 0.4) is 0 Å². The van der Waals surface area contributed by atoms with Gasteiger partial charge in [-0.3, -0.25) is 0 Å². The molecular weight excluding hydrogens is 215 g/mol. The zero-order valence-corrected chi connectivity index (χ0v) is 3.80. The van der Waals surface area contributed by atoms with Gasteiger partial charge in [-0.15, -0.1) is 0 Å². The zero-order valence-electron chi connectivity index (χ0n) is 1.64. The molecule has 0 atom stereocenters. The summed E-state index contributed by atoms with van der Waals surface area (Å²) in [7, 11) is 0. The Morgan fingerprint density at radius 1 is 1.40 bits per heavy atom. The molecule has 0 rings (SSSR count). The van der Waals surface area contributed by atoms with Crippen LogP contribution >= 0.6 is 0 Å². The van der Waals surface area contributed by atoms with E-state index in [1.54, 1.807) is 0 Å². The topological polar surface area (TPSA) is 66.3 Å². The molecule has 0 aliphatic carbocycles. The molecule has 1 N–H and O–H groups in total. The number of hydrogen-bond acceptors (Lipinski definition) is 3. The second-order valence-electron chi connectivity index (χ2n) is 0.201. The van der Waals surface area contributed by atoms with E-state index in [4.69, 9.17) is 10.3 Å². The Morgan fingerprint density at radius 3 is 1.40 bits per heavy atom. The number of halogens is 1. The van der Waals surface area contributed by atoms with Crippen molar-refractivity contribution in [2.24, 2.45) is 0 Å². The SMILES string of the molecule is [CaH2].[O-][I+2]([O-])O. The predicted octanol–water partition coefficient (Wildman–Crippen LogP) is -6.85. The molecule has 0 amide bonds. The smallest absolute Gasteiger partial charge is 0.396 e. The fourth-order valence-electron chi connectivity index (χ4n) is 0. The molecule has 30 valence electrons. The first-order chi connectivity index (χ1) is 1.73. The van der Waals surface area contributed by atoms with Crippen LogP contribution in [0.5, 0.6) is 0 Å². The Labute approximate surface area is 68.0 Å². The van der Waals surface area contributed by atoms with Crippen molar-refractivity contribution in [2.45, 2.75) is 0 Å². The first kappa shape index (κ1) is 9.98. The predicted molar refractivity (Wildman–Crippen MR) is 10.8 cm³/mol. The zero-order chi connectivity index (χ0) is 3.58. The van der Waals surface area contributed by atoms with Gasteiger partial charge in [0.25, 0.3) is 0 Å². The van der Waals surface area contributed by atoms with Crippen molar-refractivity contribution in [2.75, 3.05) is 0 Å². The molecule has 0 aromatic heterocycles. The third kappa shape index (κ3) is 25.1. The van der Waals surface area contributed by atoms with Gasteiger partial charge in [0, 0.05) is 0 Å². The Hall–Kier alpha value is 1.87. The van der Waals surface area contributed by atoms with E-state index in [1.807, 2.05) is 0 Å². The maximum atomic E-state index is 8.68. The Morgan fingerprint density at radius 2 is 1.40 bits per heavy atom. The van der Waals surface area contributed by atoms with Crippen LogP contribution in [-0.2, 0) is 0 Å². The molecule has 0 fully saturated rings. The summed E-state index contributed by atoms with van der Waals surface area (Å²) in [5.41, 5.74) is 0. The maximum Gasteiger partial charge on any atom is 0.503 e. The molecule has 0 aromatic carbocycles. The normalized spacial score (nSPS) is 7.20. The first-order valence-electron chi connectivity index (χ1n) is 0.478. The van der Waals surface area contributed by atoms with Gasteiger partial charge in [-0.2, -0.15) is 0 Å². The minimum atomic E-state index is -3.76. The molecule has 0 aliphatic heterocycles. The van der Waals surface area contributed by atoms with Gasteiger partial charge in [0.1, 0.15) is 0 Å². The molecule has 0 saturated heterocycles. The molecule has 0 saturated carbocycles. The van der Waals surface area contributed by atoms with Crippen molar-refractivity contribution in [3.05, 3.63) is 0 Å². The molecule has 0 radical (unpaired) electrons. The summed E-state index contributed by atoms with van der Waals surface area (Å²) in [5.74, 6) is 0. The molecule has 0 spiro atoms. The first-order valence-corrected chi connectivity index (χ1v) is 3.20. The van der Waals surface area contributed by atoms with Gasteiger partial charge < -0.3 is 6.87 Å². The largest absolute Gasteiger partial charge is 0.503 e. The third-order valence-electron chi connectivity index (χ3n) is 0. The molecule has 5 heavy (non-hydrogen) atoms. The average molecular weight is 218 g/mol. The van der Waals surface area contributed by atoms with Crippen LogP contribution in [0.1, 0.15) is 0 Å². The van der Waals surface area contributed by atoms with Gasteiger partial charge in [0.05, 0.1) is 0 Å². The van der Waals surface area contributed by atoms with Crippen LogP contribution in [0.2, 0.25) is 0 Å². The Balaban J connectivity index is 0. The summed E-state index contributed by atoms with van der Waals surface area (Å²) in [4.78, 5) is 0. The van der Waals surface area contributed by atoms with Gasteiger partial charge in [-0.25, -0.2) is 0 Å². The van der Waals surface area contributed by atoms with Crippen molar-refractivity contribution in [1.29, 1.82) is 0 Å². The summed E-state index contributed by atoms with van der Waals surface area (Å²) >= 11 is -3.76. The molecule has 3 nitrogen and oxygen atoms in total. The Kier molecular flexibility index (Phi) is 11.7. The molecule has 0 bridgehead atoms. The second-order valence-corrected chi connectivity index (χ2v) is 1.35. The minimum Gasteiger partial charge on any atom is -0.396 e. The number of hydrogen-bond donors (Lipinski definition) is 1. The Bertz CT molecular complexity index is 11.6. The van der Waals surface area contributed by atoms with Crippen molar-refractivity contribution in [3.63, 3.8) is 0 Å². The summed E-state index contributed by atoms with van der Waals surface area (Å²) < 4.78 is 24.5. The van der Waals surface area contributed by atoms with E-state index < -0.39 is 21.1 Å². The van der Waals surface area contributed by atoms with Crippen molar-refractivity contribution >= 4 is 37.7 Å². The standard InChI is InChI=1S/Ca.HIO3.2H/c;2-1(3)4;;/h;2H;;. The quantitative estimate of drug-likeness (QED) is 0.324. The number of rotatable bonds is 0. The molecule has 0 aromatic rings. The molecule has 0 heterocycles. The summed E-state index contributed by atoms with van der Waals surface area (Å²) in [6.45, 7) is 0. The van der Waals surface area contributed by atoms with E-state index in [0.717, 1.165) is 0 Å². The van der Waals surface area contributed by atoms with Gasteiger partial charge in [-0.1, -0.05) is 0 Å². The minimum absolute atomic E-state index is 0. The van der Waals surface area contributed by atoms with E-state index in [1.165, 1.54) is 0 Å². The molecular formula is H3CaIO3. The summed E-state index contributed by atoms with van der Waals surface area (Å²) in [6, 6.07) is 0. The molecule has 5 heteroatoms. The van der Waals surface area contributed by atoms with E-state index in [9.17, 15) is 0 Å². The van der Waals surface area contributed by atoms with E-state index in [-0.39, 0.29) is 37.7 Å². The van der Waals surface area contributed by atoms with Crippen LogP contribution in [0.4, 0.5) is 0 Å². The van der Waals surface area contributed by atoms with Crippen LogP contribution < -0.4 is 27.9 Å². The van der Waals surface area contributed by atoms with Crippen LogP contribution in [0.15, 0.2) is 0 Å². The average Bonchev–Trinajstić information content (AvgIpc) is 0.811. The van der Waals surface area contributed by atoms with Crippen LogP contribution in [-0.4, -0.2) is 41.2 Å². The summed E-state index contributed by atoms with van der Waals surface area (Å²) in [6.07, 6.45) is 0. The van der Waals surface area contributed by atoms with Gasteiger partial charge in [0.15, 0.2) is 0 Å². The van der Waals surface area contributed by atoms with Crippen LogP contribution in [0.25, 0.3) is 0 Å². The monoisotopic (exact) mass is 218 g/mol. The van der Waals surface area contributed by atoms with Gasteiger partial charge in [-0.05, 0) is 3.44 Å². The van der Waals surface area contributed by atoms with Gasteiger partial charge in [0.2, 0.25) is 0 Å². The summed E-state index contributed by atoms with van der Waals surface area (Å²) in [5, 5.41) is 0. The van der Waals surface area contributed by atoms with Crippen LogP contribution in [0, 0.1) is 0 Å². The fraction of sp³-hybridized carbons (Fsp3) is 0. The second kappa shape index (κ2) is 5.87. The maximum absolute atomic E-state index is 8.68. The van der Waals surface area contributed by atoms with E-state index in [0.29, 0.717) is 0 Å². The van der Waals surface area contributed by atoms with E-state index >= 15 is 0 Å². The third-order valence-corrected chi connectivity index (χ3v) is 0. The fourth-order valence-corrected chi connectivity index (χ4v) is 0. The molecule has 0 unspecified atom stereocenters. The van der Waals surface area contributed by atoms with Crippen molar-refractivity contribution in [3.8, 4) is 0 Å². The molecule has 0 aliphatic rings. The van der Waals surface area contributed by atoms with Crippen molar-refractivity contribution < 1.29 is 31.4 Å². The van der Waals surface area contributed by atoms with E-state index in [2.05, 4.69) is 0 Å². The van der Waals surface area contributed by atoms with Crippen molar-refractivity contribution in [1.82, 2.24) is 0 Å². The van der Waals surface area contributed by atoms with Gasteiger partial charge >= 0.3 is 58.8 Å².